The van der Waals surface area contributed by atoms with Crippen molar-refractivity contribution in [1.29, 1.82) is 0 Å². The Balaban J connectivity index is 1.27. The third-order valence-corrected chi connectivity index (χ3v) is 7.25. The van der Waals surface area contributed by atoms with Crippen molar-refractivity contribution in [3.8, 4) is 17.3 Å². The molecule has 5 rings (SSSR count). The van der Waals surface area contributed by atoms with Gasteiger partial charge >= 0.3 is 6.18 Å². The Kier molecular flexibility index (Phi) is 7.29. The van der Waals surface area contributed by atoms with Crippen LogP contribution in [0.5, 0.6) is 0 Å². The summed E-state index contributed by atoms with van der Waals surface area (Å²) in [6.45, 7) is -0.0688. The average Bonchev–Trinajstić information content (AvgIpc) is 3.67. The van der Waals surface area contributed by atoms with Crippen LogP contribution in [0.15, 0.2) is 81.9 Å². The fourth-order valence-electron chi connectivity index (χ4n) is 3.49. The summed E-state index contributed by atoms with van der Waals surface area (Å²) in [5.41, 5.74) is 0.348. The van der Waals surface area contributed by atoms with Gasteiger partial charge in [0.15, 0.2) is 10.9 Å². The Morgan fingerprint density at radius 3 is 2.63 bits per heavy atom. The van der Waals surface area contributed by atoms with E-state index in [4.69, 9.17) is 4.42 Å². The lowest BCUT2D eigenvalue weighted by Crippen LogP contribution is -2.23. The molecule has 194 valence electrons. The minimum Gasteiger partial charge on any atom is -0.461 e. The predicted octanol–water partition coefficient (Wildman–Crippen LogP) is 6.36. The lowest BCUT2D eigenvalue weighted by atomic mass is 10.1. The maximum atomic E-state index is 13.5. The lowest BCUT2D eigenvalue weighted by molar-refractivity contribution is -0.137. The number of nitrogens with zero attached hydrogens (tertiary/aromatic N) is 4. The molecule has 38 heavy (non-hydrogen) atoms. The van der Waals surface area contributed by atoms with Crippen LogP contribution < -0.4 is 5.32 Å². The lowest BCUT2D eigenvalue weighted by Gasteiger charge is -2.09. The number of alkyl halides is 3. The highest BCUT2D eigenvalue weighted by Gasteiger charge is 2.30. The molecule has 0 radical (unpaired) electrons. The number of hydrogen-bond acceptors (Lipinski definition) is 7. The zero-order chi connectivity index (χ0) is 26.7. The Morgan fingerprint density at radius 1 is 1.08 bits per heavy atom. The molecule has 0 aliphatic carbocycles. The van der Waals surface area contributed by atoms with Gasteiger partial charge in [-0.05, 0) is 54.1 Å². The first-order valence-corrected chi connectivity index (χ1v) is 12.9. The van der Waals surface area contributed by atoms with Crippen LogP contribution in [0.1, 0.15) is 26.6 Å². The summed E-state index contributed by atoms with van der Waals surface area (Å²) in [7, 11) is 0. The number of furan rings is 1. The van der Waals surface area contributed by atoms with E-state index in [1.54, 1.807) is 34.2 Å². The second kappa shape index (κ2) is 10.8. The van der Waals surface area contributed by atoms with Crippen molar-refractivity contribution in [2.75, 3.05) is 0 Å². The SMILES string of the molecule is O=C(NCc1cccc(C(F)(F)F)c1)c1csc(CSc2nnc(-c3ccco3)n2-c2ccc(F)cc2)n1. The fraction of sp³-hybridized carbons (Fsp3) is 0.120. The maximum absolute atomic E-state index is 13.5. The molecule has 0 saturated carbocycles. The average molecular weight is 560 g/mol. The number of aromatic nitrogens is 4. The summed E-state index contributed by atoms with van der Waals surface area (Å²) in [6, 6.07) is 14.1. The van der Waals surface area contributed by atoms with Crippen LogP contribution in [0.25, 0.3) is 17.3 Å². The van der Waals surface area contributed by atoms with Crippen molar-refractivity contribution in [2.45, 2.75) is 23.6 Å². The largest absolute Gasteiger partial charge is 0.461 e. The highest BCUT2D eigenvalue weighted by atomic mass is 32.2. The Morgan fingerprint density at radius 2 is 1.89 bits per heavy atom. The normalized spacial score (nSPS) is 11.6. The van der Waals surface area contributed by atoms with E-state index in [1.165, 1.54) is 53.6 Å². The van der Waals surface area contributed by atoms with Crippen molar-refractivity contribution >= 4 is 29.0 Å². The highest BCUT2D eigenvalue weighted by molar-refractivity contribution is 7.98. The molecule has 0 atom stereocenters. The van der Waals surface area contributed by atoms with E-state index >= 15 is 0 Å². The van der Waals surface area contributed by atoms with Gasteiger partial charge in [0.2, 0.25) is 5.82 Å². The summed E-state index contributed by atoms with van der Waals surface area (Å²) < 4.78 is 59.5. The fourth-order valence-corrected chi connectivity index (χ4v) is 5.23. The standard InChI is InChI=1S/C25H17F4N5O2S2/c26-17-6-8-18(9-7-17)34-22(20-5-2-10-36-20)32-33-24(34)38-14-21-31-19(13-37-21)23(35)30-12-15-3-1-4-16(11-15)25(27,28)29/h1-11,13H,12,14H2,(H,30,35). The monoisotopic (exact) mass is 559 g/mol. The molecule has 5 aromatic rings. The number of thioether (sulfide) groups is 1. The number of amides is 1. The number of halogens is 4. The van der Waals surface area contributed by atoms with E-state index in [-0.39, 0.29) is 18.1 Å². The summed E-state index contributed by atoms with van der Waals surface area (Å²) in [4.78, 5) is 16.9. The van der Waals surface area contributed by atoms with Crippen LogP contribution in [0.2, 0.25) is 0 Å². The van der Waals surface area contributed by atoms with E-state index in [9.17, 15) is 22.4 Å². The molecule has 0 bridgehead atoms. The van der Waals surface area contributed by atoms with Crippen LogP contribution in [0.4, 0.5) is 17.6 Å². The molecule has 1 amide bonds. The predicted molar refractivity (Wildman–Crippen MR) is 133 cm³/mol. The van der Waals surface area contributed by atoms with Crippen LogP contribution >= 0.6 is 23.1 Å². The summed E-state index contributed by atoms with van der Waals surface area (Å²) in [5.74, 6) is 0.422. The molecular formula is C25H17F4N5O2S2. The molecule has 0 unspecified atom stereocenters. The molecule has 0 spiro atoms. The van der Waals surface area contributed by atoms with Gasteiger partial charge in [0.1, 0.15) is 16.5 Å². The number of carbonyl (C=O) groups excluding carboxylic acids is 1. The smallest absolute Gasteiger partial charge is 0.416 e. The number of carbonyl (C=O) groups is 1. The molecule has 0 aliphatic rings. The van der Waals surface area contributed by atoms with Gasteiger partial charge in [-0.25, -0.2) is 9.37 Å². The van der Waals surface area contributed by atoms with E-state index in [0.29, 0.717) is 38.8 Å². The number of nitrogens with one attached hydrogen (secondary N) is 1. The third kappa shape index (κ3) is 5.78. The van der Waals surface area contributed by atoms with Gasteiger partial charge in [-0.15, -0.1) is 21.5 Å². The number of benzene rings is 2. The second-order valence-corrected chi connectivity index (χ2v) is 9.78. The molecule has 0 saturated heterocycles. The summed E-state index contributed by atoms with van der Waals surface area (Å²) >= 11 is 2.59. The minimum atomic E-state index is -4.46. The molecule has 13 heteroatoms. The van der Waals surface area contributed by atoms with Gasteiger partial charge < -0.3 is 9.73 Å². The number of thiazole rings is 1. The van der Waals surface area contributed by atoms with Crippen molar-refractivity contribution in [1.82, 2.24) is 25.1 Å². The van der Waals surface area contributed by atoms with Crippen molar-refractivity contribution < 1.29 is 26.8 Å². The van der Waals surface area contributed by atoms with E-state index < -0.39 is 17.6 Å². The minimum absolute atomic E-state index is 0.0688. The number of rotatable bonds is 8. The van der Waals surface area contributed by atoms with Crippen LogP contribution in [0.3, 0.4) is 0 Å². The molecule has 2 aromatic carbocycles. The summed E-state index contributed by atoms with van der Waals surface area (Å²) in [5, 5.41) is 13.8. The first-order chi connectivity index (χ1) is 18.3. The molecule has 7 nitrogen and oxygen atoms in total. The molecule has 0 aliphatic heterocycles. The van der Waals surface area contributed by atoms with E-state index in [1.807, 2.05) is 0 Å². The quantitative estimate of drug-likeness (QED) is 0.176. The zero-order valence-corrected chi connectivity index (χ0v) is 20.9. The van der Waals surface area contributed by atoms with Crippen molar-refractivity contribution in [2.24, 2.45) is 0 Å². The Bertz CT molecular complexity index is 1550. The van der Waals surface area contributed by atoms with Crippen LogP contribution in [0, 0.1) is 5.82 Å². The first kappa shape index (κ1) is 25.7. The van der Waals surface area contributed by atoms with Gasteiger partial charge in [-0.1, -0.05) is 23.9 Å². The Labute approximate surface area is 221 Å². The summed E-state index contributed by atoms with van der Waals surface area (Å²) in [6.07, 6.45) is -2.94. The van der Waals surface area contributed by atoms with Crippen LogP contribution in [-0.4, -0.2) is 25.7 Å². The van der Waals surface area contributed by atoms with E-state index in [2.05, 4.69) is 20.5 Å². The van der Waals surface area contributed by atoms with Gasteiger partial charge in [-0.2, -0.15) is 13.2 Å². The molecule has 3 heterocycles. The third-order valence-electron chi connectivity index (χ3n) is 5.28. The number of hydrogen-bond donors (Lipinski definition) is 1. The molecule has 1 N–H and O–H groups in total. The van der Waals surface area contributed by atoms with Gasteiger partial charge in [0, 0.05) is 11.9 Å². The first-order valence-electron chi connectivity index (χ1n) is 11.0. The molecule has 3 aromatic heterocycles. The van der Waals surface area contributed by atoms with Crippen LogP contribution in [-0.2, 0) is 18.5 Å². The Hall–Kier alpha value is -3.97. The molecular weight excluding hydrogens is 542 g/mol. The zero-order valence-electron chi connectivity index (χ0n) is 19.3. The van der Waals surface area contributed by atoms with Crippen molar-refractivity contribution in [3.63, 3.8) is 0 Å². The highest BCUT2D eigenvalue weighted by Crippen LogP contribution is 2.31. The van der Waals surface area contributed by atoms with Crippen molar-refractivity contribution in [3.05, 3.63) is 100.0 Å². The topological polar surface area (TPSA) is 85.8 Å². The molecule has 0 fully saturated rings. The van der Waals surface area contributed by atoms with Gasteiger partial charge in [0.25, 0.3) is 5.91 Å². The maximum Gasteiger partial charge on any atom is 0.416 e. The van der Waals surface area contributed by atoms with Gasteiger partial charge in [-0.3, -0.25) is 9.36 Å². The van der Waals surface area contributed by atoms with E-state index in [0.717, 1.165) is 12.1 Å². The second-order valence-electron chi connectivity index (χ2n) is 7.89. The van der Waals surface area contributed by atoms with Gasteiger partial charge in [0.05, 0.1) is 23.3 Å².